The molecule has 1 saturated heterocycles. The first kappa shape index (κ1) is 18.5. The molecule has 5 nitrogen and oxygen atoms in total. The van der Waals surface area contributed by atoms with Crippen molar-refractivity contribution in [3.8, 4) is 0 Å². The van der Waals surface area contributed by atoms with E-state index in [1.807, 2.05) is 29.2 Å². The number of likely N-dealkylation sites (N-methyl/N-ethyl adjacent to an activating group) is 1. The maximum atomic E-state index is 12.5. The highest BCUT2D eigenvalue weighted by atomic mass is 16.2. The van der Waals surface area contributed by atoms with Crippen LogP contribution in [0.1, 0.15) is 48.5 Å². The van der Waals surface area contributed by atoms with Crippen LogP contribution in [0.2, 0.25) is 0 Å². The monoisotopic (exact) mass is 331 g/mol. The van der Waals surface area contributed by atoms with Crippen LogP contribution in [0.5, 0.6) is 0 Å². The predicted molar refractivity (Wildman–Crippen MR) is 95.8 cm³/mol. The van der Waals surface area contributed by atoms with Crippen molar-refractivity contribution in [2.24, 2.45) is 0 Å². The molecule has 2 amide bonds. The molecule has 0 bridgehead atoms. The van der Waals surface area contributed by atoms with Crippen LogP contribution < -0.4 is 5.32 Å². The number of nitrogens with zero attached hydrogens (tertiary/aromatic N) is 2. The smallest absolute Gasteiger partial charge is 0.253 e. The second kappa shape index (κ2) is 9.42. The maximum absolute atomic E-state index is 12.5. The van der Waals surface area contributed by atoms with E-state index in [0.29, 0.717) is 13.0 Å². The van der Waals surface area contributed by atoms with Crippen molar-refractivity contribution in [3.63, 3.8) is 0 Å². The summed E-state index contributed by atoms with van der Waals surface area (Å²) in [5.74, 6) is 0.194. The first-order valence-electron chi connectivity index (χ1n) is 8.93. The number of carbonyl (C=O) groups is 2. The van der Waals surface area contributed by atoms with Gasteiger partial charge in [0.1, 0.15) is 0 Å². The molecule has 2 rings (SSSR count). The summed E-state index contributed by atoms with van der Waals surface area (Å²) >= 11 is 0. The second-order valence-corrected chi connectivity index (χ2v) is 6.53. The van der Waals surface area contributed by atoms with E-state index in [4.69, 9.17) is 0 Å². The minimum Gasteiger partial charge on any atom is -0.352 e. The summed E-state index contributed by atoms with van der Waals surface area (Å²) in [7, 11) is 2.08. The summed E-state index contributed by atoms with van der Waals surface area (Å²) in [5.41, 5.74) is 1.74. The Labute approximate surface area is 145 Å². The normalized spacial score (nSPS) is 15.3. The number of piperazine rings is 1. The first-order chi connectivity index (χ1) is 11.6. The van der Waals surface area contributed by atoms with E-state index < -0.39 is 0 Å². The maximum Gasteiger partial charge on any atom is 0.253 e. The van der Waals surface area contributed by atoms with Gasteiger partial charge in [0, 0.05) is 44.7 Å². The van der Waals surface area contributed by atoms with Crippen molar-refractivity contribution in [3.05, 3.63) is 35.4 Å². The lowest BCUT2D eigenvalue weighted by molar-refractivity contribution is -0.121. The minimum absolute atomic E-state index is 0.0956. The van der Waals surface area contributed by atoms with E-state index in [1.165, 1.54) is 0 Å². The molecule has 1 N–H and O–H groups in total. The molecule has 0 aliphatic carbocycles. The SMILES string of the molecule is CCCCCC(=O)NCc1ccc(C(=O)N2CCN(C)CC2)cc1. The third-order valence-corrected chi connectivity index (χ3v) is 4.49. The average Bonchev–Trinajstić information content (AvgIpc) is 2.61. The molecule has 0 radical (unpaired) electrons. The van der Waals surface area contributed by atoms with E-state index in [0.717, 1.165) is 56.6 Å². The number of nitrogens with one attached hydrogen (secondary N) is 1. The molecule has 1 aromatic carbocycles. The van der Waals surface area contributed by atoms with Gasteiger partial charge in [0.05, 0.1) is 0 Å². The highest BCUT2D eigenvalue weighted by Gasteiger charge is 2.20. The standard InChI is InChI=1S/C19H29N3O2/c1-3-4-5-6-18(23)20-15-16-7-9-17(10-8-16)19(24)22-13-11-21(2)12-14-22/h7-10H,3-6,11-15H2,1-2H3,(H,20,23). The molecule has 5 heteroatoms. The Balaban J connectivity index is 1.80. The first-order valence-corrected chi connectivity index (χ1v) is 8.93. The predicted octanol–water partition coefficient (Wildman–Crippen LogP) is 2.27. The van der Waals surface area contributed by atoms with Gasteiger partial charge < -0.3 is 15.1 Å². The fourth-order valence-corrected chi connectivity index (χ4v) is 2.78. The third-order valence-electron chi connectivity index (χ3n) is 4.49. The largest absolute Gasteiger partial charge is 0.352 e. The summed E-state index contributed by atoms with van der Waals surface area (Å²) in [6, 6.07) is 7.57. The zero-order chi connectivity index (χ0) is 17.4. The quantitative estimate of drug-likeness (QED) is 0.780. The van der Waals surface area contributed by atoms with Crippen LogP contribution in [0.25, 0.3) is 0 Å². The Hall–Kier alpha value is -1.88. The average molecular weight is 331 g/mol. The van der Waals surface area contributed by atoms with Gasteiger partial charge in [-0.3, -0.25) is 9.59 Å². The lowest BCUT2D eigenvalue weighted by atomic mass is 10.1. The van der Waals surface area contributed by atoms with E-state index in [1.54, 1.807) is 0 Å². The van der Waals surface area contributed by atoms with Crippen LogP contribution in [-0.4, -0.2) is 54.8 Å². The second-order valence-electron chi connectivity index (χ2n) is 6.53. The Kier molecular flexibility index (Phi) is 7.25. The molecule has 1 aliphatic heterocycles. The molecule has 0 saturated carbocycles. The zero-order valence-corrected chi connectivity index (χ0v) is 14.9. The van der Waals surface area contributed by atoms with Crippen molar-refractivity contribution >= 4 is 11.8 Å². The molecular weight excluding hydrogens is 302 g/mol. The molecule has 1 aromatic rings. The molecule has 0 unspecified atom stereocenters. The van der Waals surface area contributed by atoms with Gasteiger partial charge in [-0.1, -0.05) is 31.9 Å². The Morgan fingerprint density at radius 2 is 1.71 bits per heavy atom. The fourth-order valence-electron chi connectivity index (χ4n) is 2.78. The van der Waals surface area contributed by atoms with Crippen molar-refractivity contribution in [2.75, 3.05) is 33.2 Å². The van der Waals surface area contributed by atoms with Crippen molar-refractivity contribution in [1.29, 1.82) is 0 Å². The summed E-state index contributed by atoms with van der Waals surface area (Å²) in [6.45, 7) is 6.06. The van der Waals surface area contributed by atoms with Gasteiger partial charge in [0.15, 0.2) is 0 Å². The summed E-state index contributed by atoms with van der Waals surface area (Å²) < 4.78 is 0. The third kappa shape index (κ3) is 5.64. The van der Waals surface area contributed by atoms with Gasteiger partial charge >= 0.3 is 0 Å². The highest BCUT2D eigenvalue weighted by molar-refractivity contribution is 5.94. The molecule has 1 fully saturated rings. The van der Waals surface area contributed by atoms with Gasteiger partial charge in [-0.2, -0.15) is 0 Å². The van der Waals surface area contributed by atoms with Crippen LogP contribution in [0.4, 0.5) is 0 Å². The number of carbonyl (C=O) groups excluding carboxylic acids is 2. The molecule has 0 atom stereocenters. The van der Waals surface area contributed by atoms with Crippen molar-refractivity contribution < 1.29 is 9.59 Å². The Bertz CT molecular complexity index is 534. The molecule has 1 heterocycles. The molecule has 24 heavy (non-hydrogen) atoms. The van der Waals surface area contributed by atoms with E-state index in [2.05, 4.69) is 24.2 Å². The van der Waals surface area contributed by atoms with Crippen LogP contribution in [0.15, 0.2) is 24.3 Å². The zero-order valence-electron chi connectivity index (χ0n) is 14.9. The summed E-state index contributed by atoms with van der Waals surface area (Å²) in [6.07, 6.45) is 3.75. The molecular formula is C19H29N3O2. The van der Waals surface area contributed by atoms with Crippen molar-refractivity contribution in [1.82, 2.24) is 15.1 Å². The molecule has 132 valence electrons. The van der Waals surface area contributed by atoms with Crippen LogP contribution >= 0.6 is 0 Å². The summed E-state index contributed by atoms with van der Waals surface area (Å²) in [5, 5.41) is 2.93. The fraction of sp³-hybridized carbons (Fsp3) is 0.579. The van der Waals surface area contributed by atoms with E-state index in [9.17, 15) is 9.59 Å². The lowest BCUT2D eigenvalue weighted by Gasteiger charge is -2.32. The molecule has 0 aromatic heterocycles. The Morgan fingerprint density at radius 1 is 1.04 bits per heavy atom. The summed E-state index contributed by atoms with van der Waals surface area (Å²) in [4.78, 5) is 28.3. The minimum atomic E-state index is 0.0956. The van der Waals surface area contributed by atoms with E-state index >= 15 is 0 Å². The van der Waals surface area contributed by atoms with Crippen LogP contribution in [-0.2, 0) is 11.3 Å². The number of amides is 2. The molecule has 1 aliphatic rings. The molecule has 0 spiro atoms. The van der Waals surface area contributed by atoms with Crippen LogP contribution in [0, 0.1) is 0 Å². The highest BCUT2D eigenvalue weighted by Crippen LogP contribution is 2.10. The number of hydrogen-bond donors (Lipinski definition) is 1. The van der Waals surface area contributed by atoms with Crippen molar-refractivity contribution in [2.45, 2.75) is 39.2 Å². The van der Waals surface area contributed by atoms with Gasteiger partial charge in [-0.15, -0.1) is 0 Å². The van der Waals surface area contributed by atoms with Gasteiger partial charge in [-0.05, 0) is 31.2 Å². The number of unbranched alkanes of at least 4 members (excludes halogenated alkanes) is 2. The van der Waals surface area contributed by atoms with E-state index in [-0.39, 0.29) is 11.8 Å². The van der Waals surface area contributed by atoms with Gasteiger partial charge in [0.2, 0.25) is 5.91 Å². The van der Waals surface area contributed by atoms with Gasteiger partial charge in [-0.25, -0.2) is 0 Å². The van der Waals surface area contributed by atoms with Gasteiger partial charge in [0.25, 0.3) is 5.91 Å². The van der Waals surface area contributed by atoms with Crippen LogP contribution in [0.3, 0.4) is 0 Å². The lowest BCUT2D eigenvalue weighted by Crippen LogP contribution is -2.47. The number of rotatable bonds is 7. The number of hydrogen-bond acceptors (Lipinski definition) is 3. The topological polar surface area (TPSA) is 52.7 Å². The number of benzene rings is 1. The Morgan fingerprint density at radius 3 is 2.33 bits per heavy atom.